The van der Waals surface area contributed by atoms with E-state index in [0.29, 0.717) is 12.1 Å². The molecular formula is C13H8Br3N3. The van der Waals surface area contributed by atoms with E-state index in [4.69, 9.17) is 5.26 Å². The van der Waals surface area contributed by atoms with Crippen LogP contribution in [0, 0.1) is 11.3 Å². The molecule has 2 rings (SSSR count). The summed E-state index contributed by atoms with van der Waals surface area (Å²) in [4.78, 5) is 4.32. The van der Waals surface area contributed by atoms with Gasteiger partial charge in [-0.2, -0.15) is 5.26 Å². The molecule has 0 saturated carbocycles. The summed E-state index contributed by atoms with van der Waals surface area (Å²) >= 11 is 10.2. The van der Waals surface area contributed by atoms with Crippen molar-refractivity contribution in [3.05, 3.63) is 55.1 Å². The van der Waals surface area contributed by atoms with Crippen LogP contribution in [0.4, 0.5) is 5.69 Å². The fourth-order valence-corrected chi connectivity index (χ4v) is 3.00. The number of pyridine rings is 1. The lowest BCUT2D eigenvalue weighted by molar-refractivity contribution is 1.03. The Kier molecular flexibility index (Phi) is 4.97. The maximum absolute atomic E-state index is 9.06. The fourth-order valence-electron chi connectivity index (χ4n) is 1.51. The molecule has 0 aliphatic rings. The van der Waals surface area contributed by atoms with Gasteiger partial charge in [0.15, 0.2) is 0 Å². The number of nitrogens with one attached hydrogen (secondary N) is 1. The molecule has 96 valence electrons. The quantitative estimate of drug-likeness (QED) is 0.734. The zero-order valence-electron chi connectivity index (χ0n) is 9.62. The van der Waals surface area contributed by atoms with E-state index >= 15 is 0 Å². The van der Waals surface area contributed by atoms with Gasteiger partial charge in [0.25, 0.3) is 0 Å². The van der Waals surface area contributed by atoms with Crippen LogP contribution in [0.25, 0.3) is 0 Å². The van der Waals surface area contributed by atoms with Gasteiger partial charge in [0, 0.05) is 19.6 Å². The van der Waals surface area contributed by atoms with Crippen molar-refractivity contribution in [1.82, 2.24) is 4.98 Å². The van der Waals surface area contributed by atoms with Crippen molar-refractivity contribution >= 4 is 53.5 Å². The molecule has 0 fully saturated rings. The molecule has 3 nitrogen and oxygen atoms in total. The van der Waals surface area contributed by atoms with Crippen molar-refractivity contribution in [2.75, 3.05) is 5.32 Å². The van der Waals surface area contributed by atoms with Gasteiger partial charge in [0.1, 0.15) is 6.07 Å². The Morgan fingerprint density at radius 2 is 1.95 bits per heavy atom. The maximum Gasteiger partial charge on any atom is 0.101 e. The number of nitrogens with zero attached hydrogens (tertiary/aromatic N) is 2. The van der Waals surface area contributed by atoms with Crippen LogP contribution in [0.15, 0.2) is 43.9 Å². The van der Waals surface area contributed by atoms with Crippen LogP contribution < -0.4 is 5.32 Å². The summed E-state index contributed by atoms with van der Waals surface area (Å²) in [5.74, 6) is 0. The van der Waals surface area contributed by atoms with E-state index in [0.717, 1.165) is 24.8 Å². The van der Waals surface area contributed by atoms with Crippen molar-refractivity contribution in [2.24, 2.45) is 0 Å². The lowest BCUT2D eigenvalue weighted by Gasteiger charge is -2.09. The predicted molar refractivity (Wildman–Crippen MR) is 85.8 cm³/mol. The molecule has 0 aliphatic heterocycles. The molecule has 1 aromatic carbocycles. The summed E-state index contributed by atoms with van der Waals surface area (Å²) in [5, 5.41) is 12.3. The molecule has 0 amide bonds. The van der Waals surface area contributed by atoms with Crippen LogP contribution in [0.2, 0.25) is 0 Å². The van der Waals surface area contributed by atoms with Crippen molar-refractivity contribution in [2.45, 2.75) is 6.54 Å². The van der Waals surface area contributed by atoms with E-state index in [1.807, 2.05) is 18.2 Å². The van der Waals surface area contributed by atoms with Crippen LogP contribution in [0.5, 0.6) is 0 Å². The Morgan fingerprint density at radius 3 is 2.63 bits per heavy atom. The zero-order valence-corrected chi connectivity index (χ0v) is 14.4. The molecule has 0 spiro atoms. The van der Waals surface area contributed by atoms with Gasteiger partial charge in [-0.1, -0.05) is 15.9 Å². The number of rotatable bonds is 3. The first-order chi connectivity index (χ1) is 9.10. The number of nitriles is 1. The van der Waals surface area contributed by atoms with Crippen molar-refractivity contribution in [3.8, 4) is 6.07 Å². The van der Waals surface area contributed by atoms with Gasteiger partial charge in [0.2, 0.25) is 0 Å². The summed E-state index contributed by atoms with van der Waals surface area (Å²) < 4.78 is 2.77. The largest absolute Gasteiger partial charge is 0.378 e. The first kappa shape index (κ1) is 14.5. The highest BCUT2D eigenvalue weighted by Crippen LogP contribution is 2.23. The van der Waals surface area contributed by atoms with E-state index < -0.39 is 0 Å². The molecular weight excluding hydrogens is 438 g/mol. The third-order valence-corrected chi connectivity index (χ3v) is 4.05. The Bertz CT molecular complexity index is 650. The van der Waals surface area contributed by atoms with Crippen LogP contribution in [0.3, 0.4) is 0 Å². The smallest absolute Gasteiger partial charge is 0.101 e. The first-order valence-corrected chi connectivity index (χ1v) is 7.71. The molecule has 0 unspecified atom stereocenters. The molecule has 1 aromatic heterocycles. The van der Waals surface area contributed by atoms with Crippen molar-refractivity contribution < 1.29 is 0 Å². The summed E-state index contributed by atoms with van der Waals surface area (Å²) in [6.45, 7) is 0.541. The van der Waals surface area contributed by atoms with Gasteiger partial charge in [-0.05, 0) is 56.1 Å². The molecule has 0 bridgehead atoms. The normalized spacial score (nSPS) is 10.0. The number of benzene rings is 1. The van der Waals surface area contributed by atoms with E-state index in [2.05, 4.69) is 64.2 Å². The molecule has 1 heterocycles. The molecule has 2 aromatic rings. The second-order valence-electron chi connectivity index (χ2n) is 3.74. The Morgan fingerprint density at radius 1 is 1.16 bits per heavy atom. The number of hydrogen-bond donors (Lipinski definition) is 1. The summed E-state index contributed by atoms with van der Waals surface area (Å²) in [5.41, 5.74) is 2.27. The second-order valence-corrected chi connectivity index (χ2v) is 6.42. The van der Waals surface area contributed by atoms with E-state index in [1.54, 1.807) is 12.3 Å². The second kappa shape index (κ2) is 6.51. The average molecular weight is 446 g/mol. The van der Waals surface area contributed by atoms with Gasteiger partial charge in [-0.15, -0.1) is 0 Å². The first-order valence-electron chi connectivity index (χ1n) is 5.33. The number of hydrogen-bond acceptors (Lipinski definition) is 3. The van der Waals surface area contributed by atoms with Gasteiger partial charge in [-0.3, -0.25) is 4.98 Å². The zero-order chi connectivity index (χ0) is 13.8. The minimum absolute atomic E-state index is 0.541. The Hall–Kier alpha value is -0.900. The number of anilines is 1. The monoisotopic (exact) mass is 443 g/mol. The molecule has 0 saturated heterocycles. The SMILES string of the molecule is N#Cc1ccc(Br)cc1NCc1ncc(Br)cc1Br. The standard InChI is InChI=1S/C13H8Br3N3/c14-9-2-1-8(5-17)12(4-9)19-7-13-11(16)3-10(15)6-18-13/h1-4,6,19H,7H2. The van der Waals surface area contributed by atoms with Gasteiger partial charge in [-0.25, -0.2) is 0 Å². The van der Waals surface area contributed by atoms with Gasteiger partial charge >= 0.3 is 0 Å². The molecule has 0 atom stereocenters. The van der Waals surface area contributed by atoms with Crippen LogP contribution in [-0.2, 0) is 6.54 Å². The summed E-state index contributed by atoms with van der Waals surface area (Å²) in [7, 11) is 0. The van der Waals surface area contributed by atoms with E-state index in [-0.39, 0.29) is 0 Å². The number of aromatic nitrogens is 1. The lowest BCUT2D eigenvalue weighted by atomic mass is 10.2. The summed E-state index contributed by atoms with van der Waals surface area (Å²) in [6, 6.07) is 9.60. The van der Waals surface area contributed by atoms with E-state index in [1.165, 1.54) is 0 Å². The average Bonchev–Trinajstić information content (AvgIpc) is 2.38. The highest BCUT2D eigenvalue weighted by Gasteiger charge is 2.05. The third-order valence-electron chi connectivity index (χ3n) is 2.43. The molecule has 6 heteroatoms. The Balaban J connectivity index is 2.19. The fraction of sp³-hybridized carbons (Fsp3) is 0.0769. The van der Waals surface area contributed by atoms with Crippen molar-refractivity contribution in [1.29, 1.82) is 5.26 Å². The number of halogens is 3. The summed E-state index contributed by atoms with van der Waals surface area (Å²) in [6.07, 6.45) is 1.74. The highest BCUT2D eigenvalue weighted by molar-refractivity contribution is 9.11. The van der Waals surface area contributed by atoms with E-state index in [9.17, 15) is 0 Å². The highest BCUT2D eigenvalue weighted by atomic mass is 79.9. The third kappa shape index (κ3) is 3.78. The molecule has 1 N–H and O–H groups in total. The van der Waals surface area contributed by atoms with Gasteiger partial charge in [0.05, 0.1) is 23.5 Å². The van der Waals surface area contributed by atoms with Gasteiger partial charge < -0.3 is 5.32 Å². The minimum Gasteiger partial charge on any atom is -0.378 e. The molecule has 0 aliphatic carbocycles. The van der Waals surface area contributed by atoms with Crippen LogP contribution >= 0.6 is 47.8 Å². The van der Waals surface area contributed by atoms with Crippen molar-refractivity contribution in [3.63, 3.8) is 0 Å². The Labute approximate surface area is 136 Å². The topological polar surface area (TPSA) is 48.7 Å². The minimum atomic E-state index is 0.541. The molecule has 0 radical (unpaired) electrons. The molecule has 19 heavy (non-hydrogen) atoms. The predicted octanol–water partition coefficient (Wildman–Crippen LogP) is 4.85. The van der Waals surface area contributed by atoms with Crippen LogP contribution in [-0.4, -0.2) is 4.98 Å². The lowest BCUT2D eigenvalue weighted by Crippen LogP contribution is -2.04. The maximum atomic E-state index is 9.06. The van der Waals surface area contributed by atoms with Crippen LogP contribution in [0.1, 0.15) is 11.3 Å².